The maximum Gasteiger partial charge on any atom is 0.274 e. The second-order valence-corrected chi connectivity index (χ2v) is 6.27. The van der Waals surface area contributed by atoms with Crippen LogP contribution in [-0.4, -0.2) is 20.9 Å². The Morgan fingerprint density at radius 2 is 2.08 bits per heavy atom. The van der Waals surface area contributed by atoms with E-state index in [1.807, 2.05) is 37.3 Å². The lowest BCUT2D eigenvalue weighted by molar-refractivity contribution is 0.102. The maximum absolute atomic E-state index is 12.4. The predicted molar refractivity (Wildman–Crippen MR) is 100 cm³/mol. The van der Waals surface area contributed by atoms with E-state index in [4.69, 9.17) is 0 Å². The van der Waals surface area contributed by atoms with E-state index in [0.29, 0.717) is 18.2 Å². The summed E-state index contributed by atoms with van der Waals surface area (Å²) in [6.07, 6.45) is 5.03. The van der Waals surface area contributed by atoms with E-state index >= 15 is 0 Å². The van der Waals surface area contributed by atoms with Gasteiger partial charge in [-0.05, 0) is 58.2 Å². The minimum absolute atomic E-state index is 0.288. The van der Waals surface area contributed by atoms with Crippen LogP contribution in [0.15, 0.2) is 59.5 Å². The Hall–Kier alpha value is -2.80. The molecule has 0 aliphatic heterocycles. The highest BCUT2D eigenvalue weighted by atomic mass is 79.9. The molecule has 1 amide bonds. The molecule has 2 N–H and O–H groups in total. The molecule has 0 radical (unpaired) electrons. The van der Waals surface area contributed by atoms with Gasteiger partial charge in [0.25, 0.3) is 5.91 Å². The first kappa shape index (κ1) is 17.0. The van der Waals surface area contributed by atoms with E-state index in [0.717, 1.165) is 15.6 Å². The van der Waals surface area contributed by atoms with E-state index < -0.39 is 0 Å². The highest BCUT2D eigenvalue weighted by Gasteiger charge is 2.11. The normalized spacial score (nSPS) is 10.3. The van der Waals surface area contributed by atoms with Gasteiger partial charge in [0.05, 0.1) is 5.69 Å². The molecule has 0 saturated heterocycles. The van der Waals surface area contributed by atoms with Crippen molar-refractivity contribution in [2.45, 2.75) is 13.5 Å². The summed E-state index contributed by atoms with van der Waals surface area (Å²) in [5.41, 5.74) is 3.09. The molecular weight excluding hydrogens is 382 g/mol. The van der Waals surface area contributed by atoms with Crippen LogP contribution in [0.1, 0.15) is 21.6 Å². The molecule has 3 aromatic rings. The van der Waals surface area contributed by atoms with Crippen molar-refractivity contribution in [1.82, 2.24) is 15.0 Å². The molecular formula is C18H16BrN5O. The van der Waals surface area contributed by atoms with Gasteiger partial charge < -0.3 is 10.6 Å². The Morgan fingerprint density at radius 3 is 2.84 bits per heavy atom. The van der Waals surface area contributed by atoms with Gasteiger partial charge in [0.2, 0.25) is 5.95 Å². The summed E-state index contributed by atoms with van der Waals surface area (Å²) in [6.45, 7) is 2.52. The lowest BCUT2D eigenvalue weighted by Gasteiger charge is -2.09. The third-order valence-electron chi connectivity index (χ3n) is 3.43. The molecule has 2 heterocycles. The fourth-order valence-corrected chi connectivity index (χ4v) is 2.75. The summed E-state index contributed by atoms with van der Waals surface area (Å²) < 4.78 is 0.824. The number of hydrogen-bond donors (Lipinski definition) is 2. The van der Waals surface area contributed by atoms with Crippen LogP contribution in [0.4, 0.5) is 11.6 Å². The molecule has 6 nitrogen and oxygen atoms in total. The van der Waals surface area contributed by atoms with Crippen LogP contribution in [0.5, 0.6) is 0 Å². The fourth-order valence-electron chi connectivity index (χ4n) is 2.16. The zero-order valence-electron chi connectivity index (χ0n) is 13.5. The molecule has 25 heavy (non-hydrogen) atoms. The first-order valence-electron chi connectivity index (χ1n) is 7.65. The highest BCUT2D eigenvalue weighted by Crippen LogP contribution is 2.23. The number of carbonyl (C=O) groups is 1. The molecule has 7 heteroatoms. The van der Waals surface area contributed by atoms with Crippen LogP contribution >= 0.6 is 15.9 Å². The summed E-state index contributed by atoms with van der Waals surface area (Å²) in [5.74, 6) is 0.0934. The van der Waals surface area contributed by atoms with Crippen molar-refractivity contribution < 1.29 is 4.79 Å². The Labute approximate surface area is 153 Å². The van der Waals surface area contributed by atoms with Gasteiger partial charge in [-0.2, -0.15) is 0 Å². The molecule has 0 saturated carbocycles. The molecule has 3 rings (SSSR count). The summed E-state index contributed by atoms with van der Waals surface area (Å²) in [4.78, 5) is 24.9. The van der Waals surface area contributed by atoms with E-state index in [-0.39, 0.29) is 11.6 Å². The highest BCUT2D eigenvalue weighted by molar-refractivity contribution is 9.10. The standard InChI is InChI=1S/C18H16BrN5O/c1-12-4-5-15(14(19)9-12)23-17(25)16-6-8-21-18(24-16)22-11-13-3-2-7-20-10-13/h2-10H,11H2,1H3,(H,23,25)(H,21,22,24). The summed E-state index contributed by atoms with van der Waals surface area (Å²) in [7, 11) is 0. The van der Waals surface area contributed by atoms with Crippen LogP contribution in [0.3, 0.4) is 0 Å². The van der Waals surface area contributed by atoms with Gasteiger partial charge in [0.15, 0.2) is 0 Å². The smallest absolute Gasteiger partial charge is 0.274 e. The Kier molecular flexibility index (Phi) is 5.35. The number of nitrogens with zero attached hydrogens (tertiary/aromatic N) is 3. The second kappa shape index (κ2) is 7.85. The van der Waals surface area contributed by atoms with Gasteiger partial charge in [0, 0.05) is 29.6 Å². The number of benzene rings is 1. The van der Waals surface area contributed by atoms with Crippen LogP contribution in [0.25, 0.3) is 0 Å². The van der Waals surface area contributed by atoms with Crippen molar-refractivity contribution >= 4 is 33.5 Å². The molecule has 0 aliphatic carbocycles. The maximum atomic E-state index is 12.4. The van der Waals surface area contributed by atoms with Crippen LogP contribution in [-0.2, 0) is 6.54 Å². The quantitative estimate of drug-likeness (QED) is 0.684. The van der Waals surface area contributed by atoms with Gasteiger partial charge in [-0.15, -0.1) is 0 Å². The van der Waals surface area contributed by atoms with Gasteiger partial charge in [0.1, 0.15) is 5.69 Å². The molecule has 0 fully saturated rings. The van der Waals surface area contributed by atoms with Gasteiger partial charge in [-0.25, -0.2) is 9.97 Å². The summed E-state index contributed by atoms with van der Waals surface area (Å²) >= 11 is 3.45. The van der Waals surface area contributed by atoms with Crippen LogP contribution in [0.2, 0.25) is 0 Å². The van der Waals surface area contributed by atoms with Crippen molar-refractivity contribution in [2.24, 2.45) is 0 Å². The lowest BCUT2D eigenvalue weighted by atomic mass is 10.2. The van der Waals surface area contributed by atoms with Crippen molar-refractivity contribution in [3.8, 4) is 0 Å². The number of carbonyl (C=O) groups excluding carboxylic acids is 1. The van der Waals surface area contributed by atoms with Crippen molar-refractivity contribution in [2.75, 3.05) is 10.6 Å². The summed E-state index contributed by atoms with van der Waals surface area (Å²) in [6, 6.07) is 11.1. The number of rotatable bonds is 5. The Balaban J connectivity index is 1.69. The molecule has 0 bridgehead atoms. The van der Waals surface area contributed by atoms with Crippen LogP contribution < -0.4 is 10.6 Å². The Morgan fingerprint density at radius 1 is 1.20 bits per heavy atom. The number of nitrogens with one attached hydrogen (secondary N) is 2. The van der Waals surface area contributed by atoms with Gasteiger partial charge in [-0.1, -0.05) is 12.1 Å². The van der Waals surface area contributed by atoms with E-state index in [1.165, 1.54) is 0 Å². The zero-order chi connectivity index (χ0) is 17.6. The number of aromatic nitrogens is 3. The number of pyridine rings is 1. The number of anilines is 2. The SMILES string of the molecule is Cc1ccc(NC(=O)c2ccnc(NCc3cccnc3)n2)c(Br)c1. The molecule has 0 aliphatic rings. The Bertz CT molecular complexity index is 886. The monoisotopic (exact) mass is 397 g/mol. The minimum Gasteiger partial charge on any atom is -0.350 e. The number of halogens is 1. The lowest BCUT2D eigenvalue weighted by Crippen LogP contribution is -2.15. The molecule has 0 unspecified atom stereocenters. The van der Waals surface area contributed by atoms with Crippen molar-refractivity contribution in [3.63, 3.8) is 0 Å². The largest absolute Gasteiger partial charge is 0.350 e. The molecule has 1 aromatic carbocycles. The molecule has 126 valence electrons. The molecule has 0 spiro atoms. The predicted octanol–water partition coefficient (Wildman–Crippen LogP) is 3.81. The molecule has 0 atom stereocenters. The van der Waals surface area contributed by atoms with Crippen LogP contribution in [0, 0.1) is 6.92 Å². The average Bonchev–Trinajstić information content (AvgIpc) is 2.63. The zero-order valence-corrected chi connectivity index (χ0v) is 15.1. The van der Waals surface area contributed by atoms with Crippen molar-refractivity contribution in [1.29, 1.82) is 0 Å². The minimum atomic E-state index is -0.295. The molecule has 2 aromatic heterocycles. The van der Waals surface area contributed by atoms with Crippen molar-refractivity contribution in [3.05, 3.63) is 76.3 Å². The number of aryl methyl sites for hydroxylation is 1. The third kappa shape index (κ3) is 4.60. The fraction of sp³-hybridized carbons (Fsp3) is 0.111. The van der Waals surface area contributed by atoms with Gasteiger partial charge in [-0.3, -0.25) is 9.78 Å². The second-order valence-electron chi connectivity index (χ2n) is 5.42. The topological polar surface area (TPSA) is 79.8 Å². The number of hydrogen-bond acceptors (Lipinski definition) is 5. The first-order chi connectivity index (χ1) is 12.1. The number of amides is 1. The van der Waals surface area contributed by atoms with E-state index in [9.17, 15) is 4.79 Å². The van der Waals surface area contributed by atoms with E-state index in [2.05, 4.69) is 41.5 Å². The average molecular weight is 398 g/mol. The van der Waals surface area contributed by atoms with E-state index in [1.54, 1.807) is 24.7 Å². The third-order valence-corrected chi connectivity index (χ3v) is 4.09. The first-order valence-corrected chi connectivity index (χ1v) is 8.44. The van der Waals surface area contributed by atoms with Gasteiger partial charge >= 0.3 is 0 Å². The summed E-state index contributed by atoms with van der Waals surface area (Å²) in [5, 5.41) is 5.93.